The van der Waals surface area contributed by atoms with Crippen LogP contribution in [0.4, 0.5) is 0 Å². The molecule has 1 saturated carbocycles. The van der Waals surface area contributed by atoms with Gasteiger partial charge < -0.3 is 4.74 Å². The number of ketones is 1. The molecular weight excluding hydrogens is 236 g/mol. The largest absolute Gasteiger partial charge is 0.486 e. The summed E-state index contributed by atoms with van der Waals surface area (Å²) in [6, 6.07) is 8.02. The average molecular weight is 260 g/mol. The van der Waals surface area contributed by atoms with Crippen LogP contribution >= 0.6 is 0 Å². The molecule has 1 aromatic carbocycles. The minimum atomic E-state index is 0.0347. The van der Waals surface area contributed by atoms with E-state index in [0.29, 0.717) is 0 Å². The van der Waals surface area contributed by atoms with E-state index in [1.807, 2.05) is 18.2 Å². The van der Waals surface area contributed by atoms with E-state index < -0.39 is 0 Å². The Labute approximate surface area is 116 Å². The second-order valence-electron chi connectivity index (χ2n) is 6.48. The third kappa shape index (κ3) is 3.59. The molecule has 1 aromatic rings. The third-order valence-electron chi connectivity index (χ3n) is 3.88. The smallest absolute Gasteiger partial charge is 0.173 e. The zero-order chi connectivity index (χ0) is 13.9. The monoisotopic (exact) mass is 260 g/mol. The first-order valence-corrected chi connectivity index (χ1v) is 7.23. The number of carbonyl (C=O) groups excluding carboxylic acids is 1. The second kappa shape index (κ2) is 5.77. The van der Waals surface area contributed by atoms with Crippen LogP contribution in [0.1, 0.15) is 52.0 Å². The Morgan fingerprint density at radius 3 is 2.47 bits per heavy atom. The first kappa shape index (κ1) is 14.1. The Hall–Kier alpha value is -1.31. The zero-order valence-electron chi connectivity index (χ0n) is 12.2. The summed E-state index contributed by atoms with van der Waals surface area (Å²) in [5.74, 6) is 1.35. The van der Waals surface area contributed by atoms with Gasteiger partial charge in [0.25, 0.3) is 0 Å². The molecule has 0 spiro atoms. The van der Waals surface area contributed by atoms with Gasteiger partial charge in [-0.25, -0.2) is 0 Å². The van der Waals surface area contributed by atoms with Crippen LogP contribution in [0.2, 0.25) is 0 Å². The summed E-state index contributed by atoms with van der Waals surface area (Å²) in [5.41, 5.74) is 1.20. The van der Waals surface area contributed by atoms with Crippen LogP contribution in [0.5, 0.6) is 5.75 Å². The van der Waals surface area contributed by atoms with Gasteiger partial charge >= 0.3 is 0 Å². The minimum Gasteiger partial charge on any atom is -0.486 e. The van der Waals surface area contributed by atoms with E-state index in [1.165, 1.54) is 12.8 Å². The number of Topliss-reactive ketones (excluding diaryl/α,β-unsaturated/α-hetero) is 1. The molecule has 1 aliphatic rings. The quantitative estimate of drug-likeness (QED) is 0.814. The predicted octanol–water partition coefficient (Wildman–Crippen LogP) is 4.12. The number of rotatable bonds is 4. The summed E-state index contributed by atoms with van der Waals surface area (Å²) in [6.07, 6.45) is 4.47. The molecule has 0 aliphatic heterocycles. The van der Waals surface area contributed by atoms with E-state index in [-0.39, 0.29) is 23.7 Å². The number of carbonyl (C=O) groups is 1. The first-order chi connectivity index (χ1) is 8.98. The lowest BCUT2D eigenvalue weighted by Gasteiger charge is -2.22. The summed E-state index contributed by atoms with van der Waals surface area (Å²) < 4.78 is 5.79. The van der Waals surface area contributed by atoms with E-state index in [4.69, 9.17) is 4.74 Å². The van der Waals surface area contributed by atoms with Crippen LogP contribution in [0.3, 0.4) is 0 Å². The van der Waals surface area contributed by atoms with Gasteiger partial charge in [0, 0.05) is 5.92 Å². The molecule has 0 aromatic heterocycles. The van der Waals surface area contributed by atoms with Gasteiger partial charge in [0.05, 0.1) is 0 Å². The summed E-state index contributed by atoms with van der Waals surface area (Å²) in [4.78, 5) is 12.1. The molecule has 0 heterocycles. The van der Waals surface area contributed by atoms with E-state index in [0.717, 1.165) is 24.2 Å². The predicted molar refractivity (Wildman–Crippen MR) is 77.6 cm³/mol. The zero-order valence-corrected chi connectivity index (χ0v) is 12.2. The van der Waals surface area contributed by atoms with Crippen molar-refractivity contribution in [2.24, 2.45) is 5.92 Å². The highest BCUT2D eigenvalue weighted by Gasteiger charge is 2.24. The molecule has 104 valence electrons. The molecule has 0 atom stereocenters. The van der Waals surface area contributed by atoms with Gasteiger partial charge in [0.1, 0.15) is 12.4 Å². The molecule has 2 nitrogen and oxygen atoms in total. The summed E-state index contributed by atoms with van der Waals surface area (Å²) >= 11 is 0. The van der Waals surface area contributed by atoms with Gasteiger partial charge in [-0.2, -0.15) is 0 Å². The van der Waals surface area contributed by atoms with Crippen molar-refractivity contribution in [2.45, 2.75) is 51.9 Å². The Balaban J connectivity index is 2.01. The van der Waals surface area contributed by atoms with Crippen LogP contribution in [0, 0.1) is 5.92 Å². The van der Waals surface area contributed by atoms with Crippen LogP contribution in [0.25, 0.3) is 0 Å². The maximum absolute atomic E-state index is 12.1. The van der Waals surface area contributed by atoms with Crippen LogP contribution in [-0.2, 0) is 10.2 Å². The van der Waals surface area contributed by atoms with Gasteiger partial charge in [-0.1, -0.05) is 51.8 Å². The highest BCUT2D eigenvalue weighted by molar-refractivity contribution is 5.82. The van der Waals surface area contributed by atoms with Crippen molar-refractivity contribution in [1.29, 1.82) is 0 Å². The molecule has 0 amide bonds. The third-order valence-corrected chi connectivity index (χ3v) is 3.88. The number of hydrogen-bond acceptors (Lipinski definition) is 2. The van der Waals surface area contributed by atoms with Gasteiger partial charge in [-0.3, -0.25) is 4.79 Å². The summed E-state index contributed by atoms with van der Waals surface area (Å²) in [6.45, 7) is 6.70. The molecular formula is C17H24O2. The van der Waals surface area contributed by atoms with Crippen molar-refractivity contribution in [3.05, 3.63) is 29.8 Å². The van der Waals surface area contributed by atoms with Crippen LogP contribution < -0.4 is 4.74 Å². The van der Waals surface area contributed by atoms with E-state index in [1.54, 1.807) is 0 Å². The fourth-order valence-corrected chi connectivity index (χ4v) is 2.73. The van der Waals surface area contributed by atoms with Crippen molar-refractivity contribution in [3.8, 4) is 5.75 Å². The van der Waals surface area contributed by atoms with Gasteiger partial charge in [0.15, 0.2) is 5.78 Å². The Morgan fingerprint density at radius 2 is 1.84 bits per heavy atom. The number of para-hydroxylation sites is 1. The van der Waals surface area contributed by atoms with Crippen LogP contribution in [-0.4, -0.2) is 12.4 Å². The van der Waals surface area contributed by atoms with Crippen molar-refractivity contribution < 1.29 is 9.53 Å². The molecule has 0 radical (unpaired) electrons. The Bertz CT molecular complexity index is 437. The molecule has 2 heteroatoms. The second-order valence-corrected chi connectivity index (χ2v) is 6.48. The Kier molecular flexibility index (Phi) is 4.28. The fraction of sp³-hybridized carbons (Fsp3) is 0.588. The SMILES string of the molecule is CC(C)(C)c1ccccc1OCC(=O)C1CCCC1. The molecule has 2 rings (SSSR count). The van der Waals surface area contributed by atoms with E-state index in [2.05, 4.69) is 26.8 Å². The molecule has 0 N–H and O–H groups in total. The number of hydrogen-bond donors (Lipinski definition) is 0. The fourth-order valence-electron chi connectivity index (χ4n) is 2.73. The van der Waals surface area contributed by atoms with Gasteiger partial charge in [-0.15, -0.1) is 0 Å². The van der Waals surface area contributed by atoms with Crippen molar-refractivity contribution >= 4 is 5.78 Å². The lowest BCUT2D eigenvalue weighted by molar-refractivity contribution is -0.124. The van der Waals surface area contributed by atoms with Crippen LogP contribution in [0.15, 0.2) is 24.3 Å². The molecule has 0 saturated heterocycles. The first-order valence-electron chi connectivity index (χ1n) is 7.23. The maximum Gasteiger partial charge on any atom is 0.173 e. The molecule has 0 unspecified atom stereocenters. The lowest BCUT2D eigenvalue weighted by Crippen LogP contribution is -2.21. The van der Waals surface area contributed by atoms with Gasteiger partial charge in [-0.05, 0) is 29.9 Å². The minimum absolute atomic E-state index is 0.0347. The Morgan fingerprint density at radius 1 is 1.21 bits per heavy atom. The summed E-state index contributed by atoms with van der Waals surface area (Å²) in [5, 5.41) is 0. The van der Waals surface area contributed by atoms with Crippen molar-refractivity contribution in [3.63, 3.8) is 0 Å². The van der Waals surface area contributed by atoms with E-state index >= 15 is 0 Å². The van der Waals surface area contributed by atoms with Gasteiger partial charge in [0.2, 0.25) is 0 Å². The maximum atomic E-state index is 12.1. The highest BCUT2D eigenvalue weighted by atomic mass is 16.5. The van der Waals surface area contributed by atoms with Crippen molar-refractivity contribution in [2.75, 3.05) is 6.61 Å². The van der Waals surface area contributed by atoms with E-state index in [9.17, 15) is 4.79 Å². The average Bonchev–Trinajstić information content (AvgIpc) is 2.89. The molecule has 0 bridgehead atoms. The lowest BCUT2D eigenvalue weighted by atomic mass is 9.86. The molecule has 19 heavy (non-hydrogen) atoms. The number of benzene rings is 1. The summed E-state index contributed by atoms with van der Waals surface area (Å²) in [7, 11) is 0. The molecule has 1 fully saturated rings. The standard InChI is InChI=1S/C17H24O2/c1-17(2,3)14-10-6-7-11-16(14)19-12-15(18)13-8-4-5-9-13/h6-7,10-11,13H,4-5,8-9,12H2,1-3H3. The highest BCUT2D eigenvalue weighted by Crippen LogP contribution is 2.31. The normalized spacial score (nSPS) is 16.6. The topological polar surface area (TPSA) is 26.3 Å². The molecule has 1 aliphatic carbocycles. The number of ether oxygens (including phenoxy) is 1. The van der Waals surface area contributed by atoms with Crippen molar-refractivity contribution in [1.82, 2.24) is 0 Å².